The van der Waals surface area contributed by atoms with Gasteiger partial charge >= 0.3 is 6.03 Å². The van der Waals surface area contributed by atoms with Gasteiger partial charge in [0, 0.05) is 5.69 Å². The van der Waals surface area contributed by atoms with E-state index in [9.17, 15) is 4.79 Å². The highest BCUT2D eigenvalue weighted by Gasteiger charge is 2.09. The van der Waals surface area contributed by atoms with Gasteiger partial charge in [-0.2, -0.15) is 0 Å². The molecule has 0 spiro atoms. The first-order valence-electron chi connectivity index (χ1n) is 8.26. The number of aryl methyl sites for hydroxylation is 2. The van der Waals surface area contributed by atoms with Crippen LogP contribution in [0, 0.1) is 13.8 Å². The molecule has 4 heteroatoms. The summed E-state index contributed by atoms with van der Waals surface area (Å²) in [4.78, 5) is 12.1. The van der Waals surface area contributed by atoms with Crippen molar-refractivity contribution in [3.8, 4) is 5.75 Å². The number of ether oxygens (including phenoxy) is 1. The van der Waals surface area contributed by atoms with Gasteiger partial charge in [0.2, 0.25) is 0 Å². The topological polar surface area (TPSA) is 50.4 Å². The highest BCUT2D eigenvalue weighted by molar-refractivity contribution is 5.89. The number of nitrogens with one attached hydrogen (secondary N) is 2. The first kappa shape index (κ1) is 17.9. The average Bonchev–Trinajstić information content (AvgIpc) is 2.51. The second kappa shape index (κ2) is 7.86. The molecule has 2 N–H and O–H groups in total. The van der Waals surface area contributed by atoms with Gasteiger partial charge in [0.05, 0.1) is 0 Å². The zero-order valence-electron chi connectivity index (χ0n) is 15.0. The molecule has 0 saturated heterocycles. The first-order chi connectivity index (χ1) is 11.3. The lowest BCUT2D eigenvalue weighted by atomic mass is 10.0. The van der Waals surface area contributed by atoms with Crippen molar-refractivity contribution in [2.24, 2.45) is 0 Å². The van der Waals surface area contributed by atoms with Gasteiger partial charge in [-0.05, 0) is 67.6 Å². The molecule has 0 heterocycles. The quantitative estimate of drug-likeness (QED) is 0.762. The van der Waals surface area contributed by atoms with Gasteiger partial charge in [-0.25, -0.2) is 4.79 Å². The molecule has 2 amide bonds. The van der Waals surface area contributed by atoms with E-state index in [-0.39, 0.29) is 6.03 Å². The number of urea groups is 1. The number of anilines is 1. The molecule has 2 aromatic rings. The van der Waals surface area contributed by atoms with E-state index in [1.54, 1.807) is 6.92 Å². The molecule has 0 aliphatic heterocycles. The highest BCUT2D eigenvalue weighted by Crippen LogP contribution is 2.19. The van der Waals surface area contributed by atoms with Crippen LogP contribution in [0.2, 0.25) is 0 Å². The van der Waals surface area contributed by atoms with Gasteiger partial charge in [0.1, 0.15) is 5.75 Å². The highest BCUT2D eigenvalue weighted by atomic mass is 16.5. The van der Waals surface area contributed by atoms with E-state index in [0.717, 1.165) is 17.0 Å². The van der Waals surface area contributed by atoms with Crippen molar-refractivity contribution in [1.29, 1.82) is 0 Å². The Kier molecular flexibility index (Phi) is 5.85. The molecular formula is C20H26N2O2. The maximum Gasteiger partial charge on any atom is 0.322 e. The molecule has 1 atom stereocenters. The normalized spacial score (nSPS) is 11.9. The van der Waals surface area contributed by atoms with Gasteiger partial charge < -0.3 is 15.4 Å². The lowest BCUT2D eigenvalue weighted by molar-refractivity contribution is 0.183. The molecule has 0 aromatic heterocycles. The van der Waals surface area contributed by atoms with Crippen LogP contribution >= 0.6 is 0 Å². The summed E-state index contributed by atoms with van der Waals surface area (Å²) < 4.78 is 5.73. The van der Waals surface area contributed by atoms with Crippen LogP contribution < -0.4 is 15.4 Å². The summed E-state index contributed by atoms with van der Waals surface area (Å²) in [5.41, 5.74) is 4.37. The van der Waals surface area contributed by atoms with E-state index >= 15 is 0 Å². The molecule has 0 fully saturated rings. The van der Waals surface area contributed by atoms with Crippen molar-refractivity contribution >= 4 is 11.7 Å². The van der Waals surface area contributed by atoms with E-state index < -0.39 is 6.23 Å². The summed E-state index contributed by atoms with van der Waals surface area (Å²) in [5, 5.41) is 5.60. The van der Waals surface area contributed by atoms with E-state index in [4.69, 9.17) is 4.74 Å². The van der Waals surface area contributed by atoms with Crippen LogP contribution in [0.5, 0.6) is 5.75 Å². The predicted molar refractivity (Wildman–Crippen MR) is 98.7 cm³/mol. The standard InChI is InChI=1S/C20H26N2O2/c1-13(2)17-7-10-19(11-8-17)24-16(5)21-20(23)22-18-9-6-14(3)15(4)12-18/h6-13,16H,1-5H3,(H2,21,22,23). The van der Waals surface area contributed by atoms with Gasteiger partial charge in [0.25, 0.3) is 0 Å². The van der Waals surface area contributed by atoms with Gasteiger partial charge in [-0.15, -0.1) is 0 Å². The third-order valence-electron chi connectivity index (χ3n) is 3.96. The molecule has 0 saturated carbocycles. The zero-order chi connectivity index (χ0) is 17.7. The van der Waals surface area contributed by atoms with Crippen molar-refractivity contribution in [2.75, 3.05) is 5.32 Å². The summed E-state index contributed by atoms with van der Waals surface area (Å²) in [6, 6.07) is 13.5. The minimum atomic E-state index is -0.429. The van der Waals surface area contributed by atoms with Crippen LogP contribution in [-0.2, 0) is 0 Å². The number of amides is 2. The number of carbonyl (C=O) groups excluding carboxylic acids is 1. The minimum absolute atomic E-state index is 0.287. The Morgan fingerprint density at radius 1 is 0.958 bits per heavy atom. The summed E-state index contributed by atoms with van der Waals surface area (Å²) in [7, 11) is 0. The van der Waals surface area contributed by atoms with Crippen LogP contribution in [0.1, 0.15) is 43.4 Å². The largest absolute Gasteiger partial charge is 0.471 e. The smallest absolute Gasteiger partial charge is 0.322 e. The van der Waals surface area contributed by atoms with Crippen molar-refractivity contribution in [1.82, 2.24) is 5.32 Å². The molecule has 0 aliphatic carbocycles. The van der Waals surface area contributed by atoms with Crippen LogP contribution in [0.25, 0.3) is 0 Å². The zero-order valence-corrected chi connectivity index (χ0v) is 15.0. The number of rotatable bonds is 5. The Hall–Kier alpha value is -2.49. The first-order valence-corrected chi connectivity index (χ1v) is 8.26. The number of benzene rings is 2. The van der Waals surface area contributed by atoms with Crippen molar-refractivity contribution in [3.63, 3.8) is 0 Å². The fraction of sp³-hybridized carbons (Fsp3) is 0.350. The number of hydrogen-bond donors (Lipinski definition) is 2. The molecule has 24 heavy (non-hydrogen) atoms. The molecule has 4 nitrogen and oxygen atoms in total. The Morgan fingerprint density at radius 3 is 2.21 bits per heavy atom. The summed E-state index contributed by atoms with van der Waals surface area (Å²) in [5.74, 6) is 1.22. The van der Waals surface area contributed by atoms with E-state index in [0.29, 0.717) is 5.92 Å². The van der Waals surface area contributed by atoms with E-state index in [1.807, 2.05) is 56.3 Å². The van der Waals surface area contributed by atoms with Crippen molar-refractivity contribution in [2.45, 2.75) is 46.8 Å². The molecule has 0 aliphatic rings. The lowest BCUT2D eigenvalue weighted by Gasteiger charge is -2.17. The second-order valence-corrected chi connectivity index (χ2v) is 6.38. The lowest BCUT2D eigenvalue weighted by Crippen LogP contribution is -2.39. The van der Waals surface area contributed by atoms with Crippen LogP contribution in [-0.4, -0.2) is 12.3 Å². The Morgan fingerprint density at radius 2 is 1.62 bits per heavy atom. The molecule has 128 valence electrons. The fourth-order valence-electron chi connectivity index (χ4n) is 2.34. The van der Waals surface area contributed by atoms with Crippen LogP contribution in [0.3, 0.4) is 0 Å². The Balaban J connectivity index is 1.87. The minimum Gasteiger partial charge on any atom is -0.471 e. The number of hydrogen-bond acceptors (Lipinski definition) is 2. The maximum atomic E-state index is 12.1. The molecule has 2 rings (SSSR count). The van der Waals surface area contributed by atoms with Crippen molar-refractivity contribution in [3.05, 3.63) is 59.2 Å². The third-order valence-corrected chi connectivity index (χ3v) is 3.96. The van der Waals surface area contributed by atoms with Crippen LogP contribution in [0.15, 0.2) is 42.5 Å². The summed E-state index contributed by atoms with van der Waals surface area (Å²) in [6.45, 7) is 10.2. The molecular weight excluding hydrogens is 300 g/mol. The average molecular weight is 326 g/mol. The fourth-order valence-corrected chi connectivity index (χ4v) is 2.34. The van der Waals surface area contributed by atoms with E-state index in [1.165, 1.54) is 11.1 Å². The predicted octanol–water partition coefficient (Wildman–Crippen LogP) is 4.97. The van der Waals surface area contributed by atoms with Gasteiger partial charge in [-0.1, -0.05) is 32.0 Å². The molecule has 1 unspecified atom stereocenters. The third kappa shape index (κ3) is 5.01. The summed E-state index contributed by atoms with van der Waals surface area (Å²) >= 11 is 0. The second-order valence-electron chi connectivity index (χ2n) is 6.38. The van der Waals surface area contributed by atoms with Gasteiger partial charge in [0.15, 0.2) is 6.23 Å². The Labute approximate surface area is 144 Å². The Bertz CT molecular complexity index is 693. The molecule has 2 aromatic carbocycles. The molecule has 0 bridgehead atoms. The van der Waals surface area contributed by atoms with Crippen LogP contribution in [0.4, 0.5) is 10.5 Å². The monoisotopic (exact) mass is 326 g/mol. The van der Waals surface area contributed by atoms with Crippen molar-refractivity contribution < 1.29 is 9.53 Å². The summed E-state index contributed by atoms with van der Waals surface area (Å²) in [6.07, 6.45) is -0.429. The maximum absolute atomic E-state index is 12.1. The van der Waals surface area contributed by atoms with Gasteiger partial charge in [-0.3, -0.25) is 0 Å². The van der Waals surface area contributed by atoms with E-state index in [2.05, 4.69) is 24.5 Å². The SMILES string of the molecule is Cc1ccc(NC(=O)NC(C)Oc2ccc(C(C)C)cc2)cc1C. The molecule has 0 radical (unpaired) electrons. The number of carbonyl (C=O) groups is 1.